The zero-order valence-electron chi connectivity index (χ0n) is 15.8. The lowest BCUT2D eigenvalue weighted by Gasteiger charge is -2.43. The van der Waals surface area contributed by atoms with E-state index in [1.165, 1.54) is 16.8 Å². The van der Waals surface area contributed by atoms with Gasteiger partial charge in [-0.2, -0.15) is 4.31 Å². The summed E-state index contributed by atoms with van der Waals surface area (Å²) in [6.45, 7) is 2.26. The van der Waals surface area contributed by atoms with E-state index in [1.807, 2.05) is 0 Å². The third kappa shape index (κ3) is 3.90. The minimum Gasteiger partial charge on any atom is -0.381 e. The first kappa shape index (κ1) is 18.9. The molecule has 2 saturated heterocycles. The van der Waals surface area contributed by atoms with E-state index < -0.39 is 10.0 Å². The first-order valence-electron chi connectivity index (χ1n) is 9.85. The fourth-order valence-corrected chi connectivity index (χ4v) is 5.61. The van der Waals surface area contributed by atoms with Crippen molar-refractivity contribution in [2.24, 2.45) is 13.0 Å². The van der Waals surface area contributed by atoms with Gasteiger partial charge in [0.15, 0.2) is 5.03 Å². The summed E-state index contributed by atoms with van der Waals surface area (Å²) in [5.41, 5.74) is 0. The second kappa shape index (κ2) is 7.52. The normalized spacial score (nSPS) is 23.4. The largest absolute Gasteiger partial charge is 0.381 e. The highest BCUT2D eigenvalue weighted by Crippen LogP contribution is 2.35. The van der Waals surface area contributed by atoms with Gasteiger partial charge < -0.3 is 14.2 Å². The molecule has 3 heterocycles. The Balaban J connectivity index is 1.45. The molecule has 2 aliphatic heterocycles. The van der Waals surface area contributed by atoms with Crippen LogP contribution in [-0.4, -0.2) is 71.5 Å². The fourth-order valence-electron chi connectivity index (χ4n) is 4.18. The van der Waals surface area contributed by atoms with Gasteiger partial charge in [0.05, 0.1) is 6.33 Å². The Bertz CT molecular complexity index is 775. The summed E-state index contributed by atoms with van der Waals surface area (Å²) in [5.74, 6) is 0.455. The maximum absolute atomic E-state index is 12.9. The lowest BCUT2D eigenvalue weighted by atomic mass is 9.98. The summed E-state index contributed by atoms with van der Waals surface area (Å²) in [7, 11) is -1.80. The van der Waals surface area contributed by atoms with Crippen LogP contribution in [0.15, 0.2) is 17.6 Å². The molecule has 0 aromatic carbocycles. The molecule has 0 atom stereocenters. The Morgan fingerprint density at radius 2 is 1.74 bits per heavy atom. The number of piperidine rings is 1. The quantitative estimate of drug-likeness (QED) is 0.741. The number of nitrogens with zero attached hydrogens (tertiary/aromatic N) is 4. The van der Waals surface area contributed by atoms with Crippen molar-refractivity contribution < 1.29 is 17.9 Å². The number of ether oxygens (including phenoxy) is 1. The molecule has 0 radical (unpaired) electrons. The van der Waals surface area contributed by atoms with Crippen molar-refractivity contribution in [2.75, 3.05) is 26.3 Å². The van der Waals surface area contributed by atoms with Gasteiger partial charge in [-0.15, -0.1) is 0 Å². The van der Waals surface area contributed by atoms with E-state index in [0.29, 0.717) is 39.1 Å². The number of aromatic nitrogens is 2. The highest BCUT2D eigenvalue weighted by atomic mass is 32.2. The number of aryl methyl sites for hydroxylation is 1. The second-order valence-corrected chi connectivity index (χ2v) is 9.76. The van der Waals surface area contributed by atoms with Crippen molar-refractivity contribution in [1.82, 2.24) is 18.8 Å². The van der Waals surface area contributed by atoms with Crippen molar-refractivity contribution in [3.05, 3.63) is 12.5 Å². The van der Waals surface area contributed by atoms with Crippen molar-refractivity contribution in [3.63, 3.8) is 0 Å². The Kier molecular flexibility index (Phi) is 5.26. The molecule has 9 heteroatoms. The van der Waals surface area contributed by atoms with Crippen LogP contribution in [0.25, 0.3) is 0 Å². The van der Waals surface area contributed by atoms with Gasteiger partial charge in [0, 0.05) is 57.5 Å². The van der Waals surface area contributed by atoms with Crippen molar-refractivity contribution >= 4 is 15.9 Å². The molecule has 3 fully saturated rings. The van der Waals surface area contributed by atoms with Gasteiger partial charge in [-0.05, 0) is 38.5 Å². The molecule has 1 aromatic heterocycles. The van der Waals surface area contributed by atoms with E-state index >= 15 is 0 Å². The summed E-state index contributed by atoms with van der Waals surface area (Å²) in [5, 5.41) is 0.0961. The second-order valence-electron chi connectivity index (χ2n) is 7.88. The van der Waals surface area contributed by atoms with E-state index in [-0.39, 0.29) is 28.9 Å². The topological polar surface area (TPSA) is 84.7 Å². The van der Waals surface area contributed by atoms with E-state index in [2.05, 4.69) is 9.88 Å². The number of hydrogen-bond acceptors (Lipinski definition) is 5. The summed E-state index contributed by atoms with van der Waals surface area (Å²) in [6, 6.07) is 0.354. The van der Waals surface area contributed by atoms with Gasteiger partial charge in [-0.25, -0.2) is 13.4 Å². The first-order valence-corrected chi connectivity index (χ1v) is 11.3. The molecule has 0 spiro atoms. The van der Waals surface area contributed by atoms with Gasteiger partial charge in [-0.3, -0.25) is 4.79 Å². The molecule has 3 aliphatic rings. The van der Waals surface area contributed by atoms with Crippen LogP contribution in [-0.2, 0) is 26.6 Å². The van der Waals surface area contributed by atoms with E-state index in [1.54, 1.807) is 11.6 Å². The molecule has 1 saturated carbocycles. The van der Waals surface area contributed by atoms with Crippen LogP contribution in [0.3, 0.4) is 0 Å². The third-order valence-corrected chi connectivity index (χ3v) is 7.65. The molecule has 1 aliphatic carbocycles. The highest BCUT2D eigenvalue weighted by molar-refractivity contribution is 7.89. The lowest BCUT2D eigenvalue weighted by molar-refractivity contribution is -0.141. The third-order valence-electron chi connectivity index (χ3n) is 5.87. The van der Waals surface area contributed by atoms with Gasteiger partial charge in [0.1, 0.15) is 0 Å². The molecule has 0 unspecified atom stereocenters. The highest BCUT2D eigenvalue weighted by Gasteiger charge is 2.42. The van der Waals surface area contributed by atoms with Crippen molar-refractivity contribution in [2.45, 2.75) is 55.6 Å². The van der Waals surface area contributed by atoms with Crippen LogP contribution >= 0.6 is 0 Å². The molecule has 0 bridgehead atoms. The van der Waals surface area contributed by atoms with E-state index in [0.717, 1.165) is 25.7 Å². The maximum Gasteiger partial charge on any atom is 0.262 e. The van der Waals surface area contributed by atoms with Crippen LogP contribution in [0.5, 0.6) is 0 Å². The Hall–Kier alpha value is -1.45. The van der Waals surface area contributed by atoms with Crippen molar-refractivity contribution in [3.8, 4) is 0 Å². The summed E-state index contributed by atoms with van der Waals surface area (Å²) < 4.78 is 34.2. The average molecular weight is 397 g/mol. The molecule has 0 N–H and O–H groups in total. The standard InChI is InChI=1S/C18H28N4O4S/c1-20-12-17(19-13-20)27(24,25)21-8-4-15(5-9-21)22(18(23)14-2-3-14)16-6-10-26-11-7-16/h12-16H,2-11H2,1H3. The predicted octanol–water partition coefficient (Wildman–Crippen LogP) is 0.991. The molecular formula is C18H28N4O4S. The smallest absolute Gasteiger partial charge is 0.262 e. The van der Waals surface area contributed by atoms with Gasteiger partial charge in [0.25, 0.3) is 10.0 Å². The number of hydrogen-bond donors (Lipinski definition) is 0. The Morgan fingerprint density at radius 1 is 1.11 bits per heavy atom. The summed E-state index contributed by atoms with van der Waals surface area (Å²) in [6.07, 6.45) is 8.14. The van der Waals surface area contributed by atoms with Crippen LogP contribution in [0, 0.1) is 5.92 Å². The Morgan fingerprint density at radius 3 is 2.30 bits per heavy atom. The number of rotatable bonds is 5. The van der Waals surface area contributed by atoms with E-state index in [4.69, 9.17) is 4.74 Å². The van der Waals surface area contributed by atoms with Crippen molar-refractivity contribution in [1.29, 1.82) is 0 Å². The van der Waals surface area contributed by atoms with Crippen LogP contribution in [0.1, 0.15) is 38.5 Å². The molecule has 1 aromatic rings. The number of carbonyl (C=O) groups is 1. The number of carbonyl (C=O) groups excluding carboxylic acids is 1. The fraction of sp³-hybridized carbons (Fsp3) is 0.778. The van der Waals surface area contributed by atoms with E-state index in [9.17, 15) is 13.2 Å². The molecule has 4 rings (SSSR count). The zero-order chi connectivity index (χ0) is 19.0. The van der Waals surface area contributed by atoms with Gasteiger partial charge in [-0.1, -0.05) is 0 Å². The summed E-state index contributed by atoms with van der Waals surface area (Å²) in [4.78, 5) is 19.1. The average Bonchev–Trinajstić information content (AvgIpc) is 3.44. The molecule has 27 heavy (non-hydrogen) atoms. The maximum atomic E-state index is 12.9. The van der Waals surface area contributed by atoms with Crippen LogP contribution < -0.4 is 0 Å². The Labute approximate surface area is 160 Å². The molecule has 8 nitrogen and oxygen atoms in total. The summed E-state index contributed by atoms with van der Waals surface area (Å²) >= 11 is 0. The van der Waals surface area contributed by atoms with Crippen LogP contribution in [0.4, 0.5) is 0 Å². The minimum absolute atomic E-state index is 0.0961. The zero-order valence-corrected chi connectivity index (χ0v) is 16.6. The number of imidazole rings is 1. The molecule has 150 valence electrons. The minimum atomic E-state index is -3.56. The molecular weight excluding hydrogens is 368 g/mol. The lowest BCUT2D eigenvalue weighted by Crippen LogP contribution is -2.54. The number of amides is 1. The molecule has 1 amide bonds. The SMILES string of the molecule is Cn1cnc(S(=O)(=O)N2CCC(N(C(=O)C3CC3)C3CCOCC3)CC2)c1. The van der Waals surface area contributed by atoms with Crippen LogP contribution in [0.2, 0.25) is 0 Å². The predicted molar refractivity (Wildman–Crippen MR) is 98.4 cm³/mol. The van der Waals surface area contributed by atoms with Gasteiger partial charge in [0.2, 0.25) is 5.91 Å². The van der Waals surface area contributed by atoms with Gasteiger partial charge >= 0.3 is 0 Å². The monoisotopic (exact) mass is 396 g/mol. The number of sulfonamides is 1. The first-order chi connectivity index (χ1) is 13.0.